The molecule has 1 N–H and O–H groups in total. The number of benzene rings is 1. The molecule has 3 nitrogen and oxygen atoms in total. The first-order valence-corrected chi connectivity index (χ1v) is 8.24. The average molecular weight is 308 g/mol. The lowest BCUT2D eigenvalue weighted by Crippen LogP contribution is -2.17. The molecule has 106 valence electrons. The van der Waals surface area contributed by atoms with Crippen molar-refractivity contribution in [2.45, 2.75) is 38.6 Å². The van der Waals surface area contributed by atoms with Gasteiger partial charge in [0.1, 0.15) is 10.0 Å². The molecule has 1 aliphatic rings. The van der Waals surface area contributed by atoms with E-state index in [1.807, 2.05) is 19.1 Å². The second-order valence-electron chi connectivity index (χ2n) is 5.30. The van der Waals surface area contributed by atoms with E-state index < -0.39 is 0 Å². The first-order chi connectivity index (χ1) is 9.72. The Bertz CT molecular complexity index is 593. The largest absolute Gasteiger partial charge is 0.314 e. The SMILES string of the molecule is Cc1ccc(-c2nnc(CCCNC3CC3)s2)cc1Cl. The van der Waals surface area contributed by atoms with E-state index in [0.29, 0.717) is 0 Å². The van der Waals surface area contributed by atoms with Gasteiger partial charge in [-0.05, 0) is 44.4 Å². The first kappa shape index (κ1) is 14.0. The minimum absolute atomic E-state index is 0.785. The normalized spacial score (nSPS) is 14.7. The molecule has 1 heterocycles. The molecule has 1 aliphatic carbocycles. The van der Waals surface area contributed by atoms with Gasteiger partial charge in [-0.3, -0.25) is 0 Å². The summed E-state index contributed by atoms with van der Waals surface area (Å²) in [5.41, 5.74) is 2.15. The Labute approximate surface area is 128 Å². The highest BCUT2D eigenvalue weighted by Crippen LogP contribution is 2.28. The van der Waals surface area contributed by atoms with Crippen LogP contribution in [0.1, 0.15) is 29.8 Å². The molecule has 20 heavy (non-hydrogen) atoms. The summed E-state index contributed by atoms with van der Waals surface area (Å²) in [6.45, 7) is 3.08. The molecule has 1 aromatic heterocycles. The quantitative estimate of drug-likeness (QED) is 0.824. The monoisotopic (exact) mass is 307 g/mol. The molecule has 0 amide bonds. The van der Waals surface area contributed by atoms with Crippen molar-refractivity contribution >= 4 is 22.9 Å². The minimum Gasteiger partial charge on any atom is -0.314 e. The number of hydrogen-bond donors (Lipinski definition) is 1. The predicted molar refractivity (Wildman–Crippen MR) is 84.4 cm³/mol. The lowest BCUT2D eigenvalue weighted by atomic mass is 10.2. The number of rotatable bonds is 6. The Kier molecular flexibility index (Phi) is 4.34. The minimum atomic E-state index is 0.785. The maximum absolute atomic E-state index is 6.16. The van der Waals surface area contributed by atoms with Crippen LogP contribution in [0.4, 0.5) is 0 Å². The van der Waals surface area contributed by atoms with Gasteiger partial charge in [0.15, 0.2) is 0 Å². The van der Waals surface area contributed by atoms with Gasteiger partial charge in [0.05, 0.1) is 0 Å². The Morgan fingerprint density at radius 2 is 2.20 bits per heavy atom. The second-order valence-corrected chi connectivity index (χ2v) is 6.77. The van der Waals surface area contributed by atoms with Crippen LogP contribution in [0.2, 0.25) is 5.02 Å². The molecule has 0 atom stereocenters. The molecule has 1 fully saturated rings. The molecule has 0 bridgehead atoms. The van der Waals surface area contributed by atoms with Crippen molar-refractivity contribution in [3.63, 3.8) is 0 Å². The van der Waals surface area contributed by atoms with Crippen LogP contribution in [0, 0.1) is 6.92 Å². The van der Waals surface area contributed by atoms with Crippen LogP contribution < -0.4 is 5.32 Å². The smallest absolute Gasteiger partial charge is 0.147 e. The molecular formula is C15H18ClN3S. The zero-order valence-corrected chi connectivity index (χ0v) is 13.1. The third-order valence-corrected chi connectivity index (χ3v) is 4.90. The van der Waals surface area contributed by atoms with Crippen molar-refractivity contribution in [2.24, 2.45) is 0 Å². The molecule has 0 unspecified atom stereocenters. The molecule has 0 saturated heterocycles. The molecule has 5 heteroatoms. The van der Waals surface area contributed by atoms with Gasteiger partial charge in [-0.15, -0.1) is 10.2 Å². The van der Waals surface area contributed by atoms with Crippen LogP contribution in [0.15, 0.2) is 18.2 Å². The van der Waals surface area contributed by atoms with Gasteiger partial charge in [0.25, 0.3) is 0 Å². The third-order valence-electron chi connectivity index (χ3n) is 3.46. The van der Waals surface area contributed by atoms with E-state index in [1.165, 1.54) is 12.8 Å². The van der Waals surface area contributed by atoms with Crippen molar-refractivity contribution in [3.05, 3.63) is 33.8 Å². The van der Waals surface area contributed by atoms with Crippen molar-refractivity contribution in [1.82, 2.24) is 15.5 Å². The lowest BCUT2D eigenvalue weighted by molar-refractivity contribution is 0.643. The molecule has 0 spiro atoms. The number of halogens is 1. The zero-order valence-electron chi connectivity index (χ0n) is 11.5. The van der Waals surface area contributed by atoms with E-state index in [0.717, 1.165) is 51.6 Å². The number of hydrogen-bond acceptors (Lipinski definition) is 4. The number of aromatic nitrogens is 2. The summed E-state index contributed by atoms with van der Waals surface area (Å²) in [6.07, 6.45) is 4.81. The van der Waals surface area contributed by atoms with Gasteiger partial charge in [-0.25, -0.2) is 0 Å². The molecule has 0 aliphatic heterocycles. The zero-order chi connectivity index (χ0) is 13.9. The highest BCUT2D eigenvalue weighted by atomic mass is 35.5. The summed E-state index contributed by atoms with van der Waals surface area (Å²) >= 11 is 7.82. The number of nitrogens with one attached hydrogen (secondary N) is 1. The van der Waals surface area contributed by atoms with E-state index >= 15 is 0 Å². The van der Waals surface area contributed by atoms with Crippen molar-refractivity contribution in [2.75, 3.05) is 6.54 Å². The van der Waals surface area contributed by atoms with Gasteiger partial charge in [0.2, 0.25) is 0 Å². The topological polar surface area (TPSA) is 37.8 Å². The standard InChI is InChI=1S/C15H18ClN3S/c1-10-4-5-11(9-13(10)16)15-19-18-14(20-15)3-2-8-17-12-6-7-12/h4-5,9,12,17H,2-3,6-8H2,1H3. The number of nitrogens with zero attached hydrogens (tertiary/aromatic N) is 2. The number of aryl methyl sites for hydroxylation is 2. The van der Waals surface area contributed by atoms with Gasteiger partial charge in [-0.1, -0.05) is 35.1 Å². The van der Waals surface area contributed by atoms with Crippen LogP contribution in [0.5, 0.6) is 0 Å². The van der Waals surface area contributed by atoms with Crippen molar-refractivity contribution in [3.8, 4) is 10.6 Å². The molecule has 2 aromatic rings. The predicted octanol–water partition coefficient (Wildman–Crippen LogP) is 3.85. The fourth-order valence-electron chi connectivity index (χ4n) is 2.03. The summed E-state index contributed by atoms with van der Waals surface area (Å²) in [5.74, 6) is 0. The van der Waals surface area contributed by atoms with Crippen LogP contribution in [0.3, 0.4) is 0 Å². The second kappa shape index (κ2) is 6.20. The third kappa shape index (κ3) is 3.57. The molecular weight excluding hydrogens is 290 g/mol. The highest BCUT2D eigenvalue weighted by molar-refractivity contribution is 7.14. The Morgan fingerprint density at radius 3 is 2.95 bits per heavy atom. The van der Waals surface area contributed by atoms with Crippen molar-refractivity contribution in [1.29, 1.82) is 0 Å². The summed E-state index contributed by atoms with van der Waals surface area (Å²) in [7, 11) is 0. The van der Waals surface area contributed by atoms with E-state index in [1.54, 1.807) is 11.3 Å². The highest BCUT2D eigenvalue weighted by Gasteiger charge is 2.19. The Morgan fingerprint density at radius 1 is 1.35 bits per heavy atom. The first-order valence-electron chi connectivity index (χ1n) is 7.04. The molecule has 1 aromatic carbocycles. The summed E-state index contributed by atoms with van der Waals surface area (Å²) in [4.78, 5) is 0. The van der Waals surface area contributed by atoms with E-state index in [-0.39, 0.29) is 0 Å². The van der Waals surface area contributed by atoms with E-state index in [2.05, 4.69) is 21.6 Å². The maximum Gasteiger partial charge on any atom is 0.147 e. The van der Waals surface area contributed by atoms with Crippen LogP contribution in [-0.2, 0) is 6.42 Å². The van der Waals surface area contributed by atoms with E-state index in [4.69, 9.17) is 11.6 Å². The summed E-state index contributed by atoms with van der Waals surface area (Å²) in [5, 5.41) is 14.9. The maximum atomic E-state index is 6.16. The lowest BCUT2D eigenvalue weighted by Gasteiger charge is -2.00. The van der Waals surface area contributed by atoms with Crippen LogP contribution >= 0.6 is 22.9 Å². The summed E-state index contributed by atoms with van der Waals surface area (Å²) in [6, 6.07) is 6.84. The average Bonchev–Trinajstić information content (AvgIpc) is 3.15. The fraction of sp³-hybridized carbons (Fsp3) is 0.467. The van der Waals surface area contributed by atoms with Crippen molar-refractivity contribution < 1.29 is 0 Å². The molecule has 1 saturated carbocycles. The Balaban J connectivity index is 1.58. The van der Waals surface area contributed by atoms with Gasteiger partial charge in [-0.2, -0.15) is 0 Å². The van der Waals surface area contributed by atoms with Gasteiger partial charge >= 0.3 is 0 Å². The van der Waals surface area contributed by atoms with Crippen LogP contribution in [0.25, 0.3) is 10.6 Å². The Hall–Kier alpha value is -0.970. The van der Waals surface area contributed by atoms with Crippen LogP contribution in [-0.4, -0.2) is 22.8 Å². The summed E-state index contributed by atoms with van der Waals surface area (Å²) < 4.78 is 0. The molecule has 3 rings (SSSR count). The van der Waals surface area contributed by atoms with E-state index in [9.17, 15) is 0 Å². The van der Waals surface area contributed by atoms with Gasteiger partial charge < -0.3 is 5.32 Å². The van der Waals surface area contributed by atoms with Gasteiger partial charge in [0, 0.05) is 23.0 Å². The molecule has 0 radical (unpaired) electrons. The fourth-order valence-corrected chi connectivity index (χ4v) is 3.09.